The van der Waals surface area contributed by atoms with Gasteiger partial charge in [-0.15, -0.1) is 11.8 Å². The second-order valence-electron chi connectivity index (χ2n) is 3.42. The first kappa shape index (κ1) is 13.7. The van der Waals surface area contributed by atoms with Crippen molar-refractivity contribution in [2.24, 2.45) is 0 Å². The van der Waals surface area contributed by atoms with Gasteiger partial charge in [-0.05, 0) is 13.3 Å². The number of hydrogen-bond donors (Lipinski definition) is 0. The fourth-order valence-corrected chi connectivity index (χ4v) is 2.23. The van der Waals surface area contributed by atoms with Crippen LogP contribution in [0.25, 0.3) is 0 Å². The number of rotatable bonds is 6. The van der Waals surface area contributed by atoms with Gasteiger partial charge in [0.25, 0.3) is 0 Å². The van der Waals surface area contributed by atoms with Gasteiger partial charge in [0.15, 0.2) is 5.82 Å². The molecule has 0 spiro atoms. The van der Waals surface area contributed by atoms with E-state index in [-0.39, 0.29) is 0 Å². The molecule has 90 valence electrons. The summed E-state index contributed by atoms with van der Waals surface area (Å²) in [6.07, 6.45) is 1.10. The highest BCUT2D eigenvalue weighted by Crippen LogP contribution is 2.24. The fraction of sp³-hybridized carbons (Fsp3) is 0.636. The van der Waals surface area contributed by atoms with Crippen LogP contribution in [0, 0.1) is 0 Å². The third-order valence-electron chi connectivity index (χ3n) is 2.05. The number of nitrogens with zero attached hydrogens (tertiary/aromatic N) is 2. The zero-order valence-electron chi connectivity index (χ0n) is 9.86. The van der Waals surface area contributed by atoms with E-state index < -0.39 is 0 Å². The highest BCUT2D eigenvalue weighted by molar-refractivity contribution is 7.99. The minimum absolute atomic E-state index is 0.422. The van der Waals surface area contributed by atoms with E-state index in [1.807, 2.05) is 6.92 Å². The lowest BCUT2D eigenvalue weighted by Crippen LogP contribution is -2.02. The number of thioether (sulfide) groups is 1. The van der Waals surface area contributed by atoms with Crippen LogP contribution in [0.2, 0.25) is 5.15 Å². The summed E-state index contributed by atoms with van der Waals surface area (Å²) in [6.45, 7) is 7.35. The minimum Gasteiger partial charge on any atom is -0.374 e. The molecule has 0 N–H and O–H groups in total. The van der Waals surface area contributed by atoms with E-state index in [1.165, 1.54) is 0 Å². The molecule has 0 bridgehead atoms. The van der Waals surface area contributed by atoms with E-state index >= 15 is 0 Å². The molecule has 0 radical (unpaired) electrons. The van der Waals surface area contributed by atoms with Crippen molar-refractivity contribution in [2.75, 3.05) is 6.61 Å². The minimum atomic E-state index is 0.422. The maximum Gasteiger partial charge on any atom is 0.156 e. The summed E-state index contributed by atoms with van der Waals surface area (Å²) >= 11 is 7.65. The van der Waals surface area contributed by atoms with Gasteiger partial charge in [0.2, 0.25) is 0 Å². The largest absolute Gasteiger partial charge is 0.374 e. The normalized spacial score (nSPS) is 12.8. The Labute approximate surface area is 106 Å². The lowest BCUT2D eigenvalue weighted by Gasteiger charge is -2.08. The topological polar surface area (TPSA) is 35.0 Å². The van der Waals surface area contributed by atoms with Crippen molar-refractivity contribution < 1.29 is 4.74 Å². The van der Waals surface area contributed by atoms with E-state index in [0.717, 1.165) is 11.4 Å². The Morgan fingerprint density at radius 2 is 2.19 bits per heavy atom. The summed E-state index contributed by atoms with van der Waals surface area (Å²) in [5, 5.41) is 1.94. The quantitative estimate of drug-likeness (QED) is 0.579. The van der Waals surface area contributed by atoms with Crippen LogP contribution in [-0.4, -0.2) is 21.8 Å². The Balaban J connectivity index is 2.73. The molecule has 3 nitrogen and oxygen atoms in total. The predicted octanol–water partition coefficient (Wildman–Crippen LogP) is 3.56. The molecule has 1 unspecified atom stereocenters. The standard InChI is InChI=1S/C11H17ClN2OS/c1-4-8(3)16-11-6-9(12)13-10(14-11)7-15-5-2/h6,8H,4-5,7H2,1-3H3. The molecular formula is C11H17ClN2OS. The van der Waals surface area contributed by atoms with Crippen LogP contribution >= 0.6 is 23.4 Å². The fourth-order valence-electron chi connectivity index (χ4n) is 1.05. The molecule has 1 aromatic rings. The van der Waals surface area contributed by atoms with Gasteiger partial charge >= 0.3 is 0 Å². The summed E-state index contributed by atoms with van der Waals surface area (Å²) in [5.74, 6) is 0.653. The third-order valence-corrected chi connectivity index (χ3v) is 3.43. The lowest BCUT2D eigenvalue weighted by molar-refractivity contribution is 0.128. The Morgan fingerprint density at radius 3 is 2.81 bits per heavy atom. The molecule has 16 heavy (non-hydrogen) atoms. The van der Waals surface area contributed by atoms with Crippen molar-refractivity contribution >= 4 is 23.4 Å². The van der Waals surface area contributed by atoms with Crippen molar-refractivity contribution in [3.63, 3.8) is 0 Å². The second kappa shape index (κ2) is 7.09. The van der Waals surface area contributed by atoms with Gasteiger partial charge in [0.1, 0.15) is 16.8 Å². The maximum atomic E-state index is 5.94. The van der Waals surface area contributed by atoms with Crippen LogP contribution in [0.5, 0.6) is 0 Å². The van der Waals surface area contributed by atoms with Crippen LogP contribution in [0.3, 0.4) is 0 Å². The molecule has 0 aromatic carbocycles. The van der Waals surface area contributed by atoms with Crippen molar-refractivity contribution in [3.05, 3.63) is 17.0 Å². The molecule has 1 rings (SSSR count). The summed E-state index contributed by atoms with van der Waals surface area (Å²) in [5.41, 5.74) is 0. The smallest absolute Gasteiger partial charge is 0.156 e. The zero-order chi connectivity index (χ0) is 12.0. The molecule has 0 saturated carbocycles. The molecule has 0 aliphatic carbocycles. The Bertz CT molecular complexity index is 336. The second-order valence-corrected chi connectivity index (χ2v) is 5.26. The van der Waals surface area contributed by atoms with Gasteiger partial charge in [-0.25, -0.2) is 9.97 Å². The van der Waals surface area contributed by atoms with Crippen LogP contribution in [0.1, 0.15) is 33.0 Å². The van der Waals surface area contributed by atoms with Gasteiger partial charge in [-0.2, -0.15) is 0 Å². The number of aromatic nitrogens is 2. The van der Waals surface area contributed by atoms with E-state index in [4.69, 9.17) is 16.3 Å². The zero-order valence-corrected chi connectivity index (χ0v) is 11.4. The van der Waals surface area contributed by atoms with Gasteiger partial charge < -0.3 is 4.74 Å². The molecule has 0 fully saturated rings. The van der Waals surface area contributed by atoms with Crippen LogP contribution < -0.4 is 0 Å². The first-order chi connectivity index (χ1) is 7.65. The summed E-state index contributed by atoms with van der Waals surface area (Å²) in [4.78, 5) is 8.52. The first-order valence-electron chi connectivity index (χ1n) is 5.43. The average Bonchev–Trinajstić information content (AvgIpc) is 2.25. The van der Waals surface area contributed by atoms with E-state index in [0.29, 0.717) is 29.4 Å². The van der Waals surface area contributed by atoms with Gasteiger partial charge in [-0.3, -0.25) is 0 Å². The SMILES string of the molecule is CCOCc1nc(Cl)cc(SC(C)CC)n1. The summed E-state index contributed by atoms with van der Waals surface area (Å²) in [7, 11) is 0. The highest BCUT2D eigenvalue weighted by Gasteiger charge is 2.07. The first-order valence-corrected chi connectivity index (χ1v) is 6.69. The van der Waals surface area contributed by atoms with E-state index in [2.05, 4.69) is 23.8 Å². The number of halogens is 1. The maximum absolute atomic E-state index is 5.94. The van der Waals surface area contributed by atoms with E-state index in [9.17, 15) is 0 Å². The van der Waals surface area contributed by atoms with Crippen LogP contribution in [-0.2, 0) is 11.3 Å². The molecule has 1 aromatic heterocycles. The molecule has 0 aliphatic rings. The third kappa shape index (κ3) is 4.68. The van der Waals surface area contributed by atoms with Crippen LogP contribution in [0.4, 0.5) is 0 Å². The Morgan fingerprint density at radius 1 is 1.44 bits per heavy atom. The van der Waals surface area contributed by atoms with Gasteiger partial charge in [-0.1, -0.05) is 25.4 Å². The molecule has 1 atom stereocenters. The average molecular weight is 261 g/mol. The summed E-state index contributed by atoms with van der Waals surface area (Å²) in [6, 6.07) is 1.80. The molecule has 0 aliphatic heterocycles. The number of ether oxygens (including phenoxy) is 1. The van der Waals surface area contributed by atoms with Gasteiger partial charge in [0, 0.05) is 17.9 Å². The van der Waals surface area contributed by atoms with Crippen molar-refractivity contribution in [1.29, 1.82) is 0 Å². The molecule has 0 saturated heterocycles. The van der Waals surface area contributed by atoms with Crippen molar-refractivity contribution in [2.45, 2.75) is 44.1 Å². The molecule has 1 heterocycles. The van der Waals surface area contributed by atoms with Crippen LogP contribution in [0.15, 0.2) is 11.1 Å². The molecule has 0 amide bonds. The number of hydrogen-bond acceptors (Lipinski definition) is 4. The molecule has 5 heteroatoms. The Hall–Kier alpha value is -0.320. The monoisotopic (exact) mass is 260 g/mol. The molecular weight excluding hydrogens is 244 g/mol. The summed E-state index contributed by atoms with van der Waals surface area (Å²) < 4.78 is 5.27. The lowest BCUT2D eigenvalue weighted by atomic mass is 10.4. The van der Waals surface area contributed by atoms with Crippen molar-refractivity contribution in [3.8, 4) is 0 Å². The Kier molecular flexibility index (Phi) is 6.09. The van der Waals surface area contributed by atoms with Gasteiger partial charge in [0.05, 0.1) is 0 Å². The predicted molar refractivity (Wildman–Crippen MR) is 68.0 cm³/mol. The highest BCUT2D eigenvalue weighted by atomic mass is 35.5. The van der Waals surface area contributed by atoms with E-state index in [1.54, 1.807) is 17.8 Å². The van der Waals surface area contributed by atoms with Crippen molar-refractivity contribution in [1.82, 2.24) is 9.97 Å².